The topological polar surface area (TPSA) is 122 Å². The molecule has 0 spiro atoms. The number of carbonyl (C=O) groups is 3. The van der Waals surface area contributed by atoms with Crippen LogP contribution in [-0.4, -0.2) is 22.8 Å². The Labute approximate surface area is 132 Å². The molecule has 0 unspecified atom stereocenters. The molecule has 0 saturated heterocycles. The maximum Gasteiger partial charge on any atom is 0.316 e. The highest BCUT2D eigenvalue weighted by Crippen LogP contribution is 2.23. The van der Waals surface area contributed by atoms with E-state index in [1.54, 1.807) is 13.0 Å². The van der Waals surface area contributed by atoms with Crippen LogP contribution in [0.5, 0.6) is 5.75 Å². The predicted octanol–water partition coefficient (Wildman–Crippen LogP) is 1.18. The standard InChI is InChI=1S/C16H15N3O4/c1-9-2-7-12(13(20)8-9)18-15(22)16(23)19-14(21)10-3-5-11(17)6-4-10/h2-8,20H,17H2,1H3,(H,18,22)(H,19,21,23). The van der Waals surface area contributed by atoms with Gasteiger partial charge in [-0.1, -0.05) is 6.07 Å². The van der Waals surface area contributed by atoms with Gasteiger partial charge in [-0.25, -0.2) is 0 Å². The molecule has 0 aromatic heterocycles. The quantitative estimate of drug-likeness (QED) is 0.377. The summed E-state index contributed by atoms with van der Waals surface area (Å²) in [5.41, 5.74) is 7.04. The maximum absolute atomic E-state index is 11.8. The first-order valence-electron chi connectivity index (χ1n) is 6.68. The number of anilines is 2. The summed E-state index contributed by atoms with van der Waals surface area (Å²) in [6.07, 6.45) is 0. The van der Waals surface area contributed by atoms with Crippen molar-refractivity contribution < 1.29 is 19.5 Å². The molecule has 0 saturated carbocycles. The van der Waals surface area contributed by atoms with Crippen molar-refractivity contribution >= 4 is 29.1 Å². The van der Waals surface area contributed by atoms with Gasteiger partial charge in [-0.3, -0.25) is 19.7 Å². The van der Waals surface area contributed by atoms with Crippen LogP contribution in [-0.2, 0) is 9.59 Å². The summed E-state index contributed by atoms with van der Waals surface area (Å²) in [5.74, 6) is -3.09. The molecular weight excluding hydrogens is 298 g/mol. The van der Waals surface area contributed by atoms with Crippen LogP contribution in [0.1, 0.15) is 15.9 Å². The summed E-state index contributed by atoms with van der Waals surface area (Å²) in [6.45, 7) is 1.77. The second-order valence-electron chi connectivity index (χ2n) is 4.88. The summed E-state index contributed by atoms with van der Waals surface area (Å²) in [5, 5.41) is 13.9. The van der Waals surface area contributed by atoms with E-state index in [9.17, 15) is 19.5 Å². The van der Waals surface area contributed by atoms with E-state index in [0.717, 1.165) is 5.56 Å². The Kier molecular flexibility index (Phi) is 4.61. The molecule has 0 heterocycles. The Hall–Kier alpha value is -3.35. The van der Waals surface area contributed by atoms with Gasteiger partial charge in [0.05, 0.1) is 5.69 Å². The number of carbonyl (C=O) groups excluding carboxylic acids is 3. The van der Waals surface area contributed by atoms with Crippen molar-refractivity contribution in [3.8, 4) is 5.75 Å². The molecular formula is C16H15N3O4. The Morgan fingerprint density at radius 3 is 2.26 bits per heavy atom. The fourth-order valence-electron chi connectivity index (χ4n) is 1.79. The van der Waals surface area contributed by atoms with Gasteiger partial charge in [0.1, 0.15) is 5.75 Å². The molecule has 7 nitrogen and oxygen atoms in total. The highest BCUT2D eigenvalue weighted by molar-refractivity contribution is 6.42. The zero-order chi connectivity index (χ0) is 17.0. The number of hydrogen-bond acceptors (Lipinski definition) is 5. The molecule has 2 aromatic rings. The minimum absolute atomic E-state index is 0.0793. The number of nitrogens with one attached hydrogen (secondary N) is 2. The van der Waals surface area contributed by atoms with Crippen LogP contribution in [0.3, 0.4) is 0 Å². The molecule has 5 N–H and O–H groups in total. The molecule has 2 aromatic carbocycles. The number of imide groups is 1. The van der Waals surface area contributed by atoms with Gasteiger partial charge in [0.15, 0.2) is 0 Å². The van der Waals surface area contributed by atoms with Crippen molar-refractivity contribution in [3.05, 3.63) is 53.6 Å². The number of rotatable bonds is 2. The lowest BCUT2D eigenvalue weighted by Crippen LogP contribution is -2.39. The molecule has 0 fully saturated rings. The van der Waals surface area contributed by atoms with Crippen LogP contribution in [0.4, 0.5) is 11.4 Å². The predicted molar refractivity (Wildman–Crippen MR) is 84.8 cm³/mol. The Morgan fingerprint density at radius 1 is 1.00 bits per heavy atom. The van der Waals surface area contributed by atoms with Crippen molar-refractivity contribution in [2.45, 2.75) is 6.92 Å². The first-order chi connectivity index (χ1) is 10.9. The number of hydrogen-bond donors (Lipinski definition) is 4. The van der Waals surface area contributed by atoms with E-state index in [1.807, 2.05) is 5.32 Å². The summed E-state index contributed by atoms with van der Waals surface area (Å²) >= 11 is 0. The minimum atomic E-state index is -1.13. The number of nitrogens with two attached hydrogens (primary N) is 1. The fourth-order valence-corrected chi connectivity index (χ4v) is 1.79. The molecule has 0 aliphatic rings. The van der Waals surface area contributed by atoms with Crippen LogP contribution in [0.25, 0.3) is 0 Å². The van der Waals surface area contributed by atoms with Crippen LogP contribution in [0.15, 0.2) is 42.5 Å². The van der Waals surface area contributed by atoms with E-state index in [1.165, 1.54) is 36.4 Å². The first kappa shape index (κ1) is 16.0. The smallest absolute Gasteiger partial charge is 0.316 e. The Bertz CT molecular complexity index is 769. The first-order valence-corrected chi connectivity index (χ1v) is 6.68. The summed E-state index contributed by atoms with van der Waals surface area (Å²) in [7, 11) is 0. The molecule has 0 aliphatic carbocycles. The normalized spacial score (nSPS) is 9.96. The van der Waals surface area contributed by atoms with Gasteiger partial charge >= 0.3 is 11.8 Å². The van der Waals surface area contributed by atoms with Crippen LogP contribution >= 0.6 is 0 Å². The van der Waals surface area contributed by atoms with Crippen molar-refractivity contribution in [3.63, 3.8) is 0 Å². The van der Waals surface area contributed by atoms with E-state index in [4.69, 9.17) is 5.73 Å². The molecule has 118 valence electrons. The van der Waals surface area contributed by atoms with E-state index in [0.29, 0.717) is 5.69 Å². The lowest BCUT2D eigenvalue weighted by Gasteiger charge is -2.08. The van der Waals surface area contributed by atoms with Gasteiger partial charge in [-0.15, -0.1) is 0 Å². The largest absolute Gasteiger partial charge is 0.506 e. The van der Waals surface area contributed by atoms with E-state index in [-0.39, 0.29) is 17.0 Å². The average Bonchev–Trinajstić information content (AvgIpc) is 2.50. The fraction of sp³-hybridized carbons (Fsp3) is 0.0625. The molecule has 7 heteroatoms. The zero-order valence-electron chi connectivity index (χ0n) is 12.3. The lowest BCUT2D eigenvalue weighted by atomic mass is 10.2. The second-order valence-corrected chi connectivity index (χ2v) is 4.88. The van der Waals surface area contributed by atoms with E-state index < -0.39 is 17.7 Å². The van der Waals surface area contributed by atoms with Gasteiger partial charge in [0, 0.05) is 11.3 Å². The average molecular weight is 313 g/mol. The number of aromatic hydroxyl groups is 1. The number of aryl methyl sites for hydroxylation is 1. The summed E-state index contributed by atoms with van der Waals surface area (Å²) in [6, 6.07) is 10.4. The highest BCUT2D eigenvalue weighted by Gasteiger charge is 2.19. The molecule has 0 aliphatic heterocycles. The number of amides is 3. The van der Waals surface area contributed by atoms with E-state index >= 15 is 0 Å². The number of phenols is 1. The second kappa shape index (κ2) is 6.61. The van der Waals surface area contributed by atoms with Crippen LogP contribution < -0.4 is 16.4 Å². The maximum atomic E-state index is 11.8. The van der Waals surface area contributed by atoms with Gasteiger partial charge in [0.2, 0.25) is 0 Å². The molecule has 0 bridgehead atoms. The SMILES string of the molecule is Cc1ccc(NC(=O)C(=O)NC(=O)c2ccc(N)cc2)c(O)c1. The molecule has 3 amide bonds. The minimum Gasteiger partial charge on any atom is -0.506 e. The van der Waals surface area contributed by atoms with Gasteiger partial charge in [-0.05, 0) is 48.9 Å². The van der Waals surface area contributed by atoms with Gasteiger partial charge in [0.25, 0.3) is 5.91 Å². The van der Waals surface area contributed by atoms with Crippen LogP contribution in [0.2, 0.25) is 0 Å². The summed E-state index contributed by atoms with van der Waals surface area (Å²) < 4.78 is 0. The third kappa shape index (κ3) is 4.07. The molecule has 23 heavy (non-hydrogen) atoms. The molecule has 0 atom stereocenters. The van der Waals surface area contributed by atoms with Crippen molar-refractivity contribution in [1.29, 1.82) is 0 Å². The zero-order valence-corrected chi connectivity index (χ0v) is 12.3. The molecule has 0 radical (unpaired) electrons. The van der Waals surface area contributed by atoms with Crippen molar-refractivity contribution in [2.75, 3.05) is 11.1 Å². The van der Waals surface area contributed by atoms with Crippen molar-refractivity contribution in [2.24, 2.45) is 0 Å². The van der Waals surface area contributed by atoms with Gasteiger partial charge < -0.3 is 16.2 Å². The summed E-state index contributed by atoms with van der Waals surface area (Å²) in [4.78, 5) is 35.3. The Balaban J connectivity index is 2.01. The van der Waals surface area contributed by atoms with Crippen LogP contribution in [0, 0.1) is 6.92 Å². The van der Waals surface area contributed by atoms with Gasteiger partial charge in [-0.2, -0.15) is 0 Å². The number of nitrogen functional groups attached to an aromatic ring is 1. The lowest BCUT2D eigenvalue weighted by molar-refractivity contribution is -0.135. The number of phenolic OH excluding ortho intramolecular Hbond substituents is 1. The molecule has 2 rings (SSSR count). The highest BCUT2D eigenvalue weighted by atomic mass is 16.3. The van der Waals surface area contributed by atoms with E-state index in [2.05, 4.69) is 5.32 Å². The third-order valence-electron chi connectivity index (χ3n) is 3.01. The third-order valence-corrected chi connectivity index (χ3v) is 3.01. The Morgan fingerprint density at radius 2 is 1.65 bits per heavy atom. The number of benzene rings is 2. The van der Waals surface area contributed by atoms with Crippen molar-refractivity contribution in [1.82, 2.24) is 5.32 Å². The monoisotopic (exact) mass is 313 g/mol.